The van der Waals surface area contributed by atoms with E-state index in [0.29, 0.717) is 0 Å². The second-order valence-electron chi connectivity index (χ2n) is 2.60. The Balaban J connectivity index is 3.31. The highest BCUT2D eigenvalue weighted by molar-refractivity contribution is 9.09. The molecule has 0 amide bonds. The van der Waals surface area contributed by atoms with Gasteiger partial charge >= 0.3 is 0 Å². The summed E-state index contributed by atoms with van der Waals surface area (Å²) in [6, 6.07) is 2.27. The van der Waals surface area contributed by atoms with E-state index in [9.17, 15) is 14.9 Å². The number of carbonyl (C=O) groups excluding carboxylic acids is 1. The van der Waals surface area contributed by atoms with Crippen LogP contribution in [0.1, 0.15) is 10.4 Å². The Morgan fingerprint density at radius 1 is 1.40 bits per heavy atom. The molecule has 0 bridgehead atoms. The summed E-state index contributed by atoms with van der Waals surface area (Å²) >= 11 is 14.3. The van der Waals surface area contributed by atoms with Crippen LogP contribution >= 0.6 is 39.1 Å². The van der Waals surface area contributed by atoms with E-state index in [1.54, 1.807) is 0 Å². The average molecular weight is 313 g/mol. The maximum atomic E-state index is 11.3. The van der Waals surface area contributed by atoms with Crippen LogP contribution in [-0.2, 0) is 0 Å². The zero-order valence-electron chi connectivity index (χ0n) is 7.17. The van der Waals surface area contributed by atoms with Crippen molar-refractivity contribution in [3.8, 4) is 0 Å². The third-order valence-corrected chi connectivity index (χ3v) is 2.78. The minimum absolute atomic E-state index is 0.0237. The van der Waals surface area contributed by atoms with Crippen molar-refractivity contribution >= 4 is 50.6 Å². The Kier molecular flexibility index (Phi) is 4.07. The summed E-state index contributed by atoms with van der Waals surface area (Å²) in [5, 5.41) is 10.5. The van der Waals surface area contributed by atoms with Gasteiger partial charge in [-0.1, -0.05) is 39.1 Å². The molecule has 0 heterocycles. The number of alkyl halides is 1. The number of nitrogens with zero attached hydrogens (tertiary/aromatic N) is 1. The van der Waals surface area contributed by atoms with E-state index >= 15 is 0 Å². The molecule has 0 spiro atoms. The molecule has 0 unspecified atom stereocenters. The first kappa shape index (κ1) is 12.4. The predicted octanol–water partition coefficient (Wildman–Crippen LogP) is 3.48. The molecule has 1 aromatic rings. The Labute approximate surface area is 103 Å². The number of hydrogen-bond acceptors (Lipinski definition) is 3. The Bertz CT molecular complexity index is 436. The summed E-state index contributed by atoms with van der Waals surface area (Å²) in [5.74, 6) is -0.281. The Hall–Kier alpha value is -0.650. The van der Waals surface area contributed by atoms with Gasteiger partial charge in [0, 0.05) is 11.6 Å². The predicted molar refractivity (Wildman–Crippen MR) is 61.2 cm³/mol. The molecule has 80 valence electrons. The van der Waals surface area contributed by atoms with E-state index in [1.807, 2.05) is 0 Å². The van der Waals surface area contributed by atoms with Gasteiger partial charge in [0.1, 0.15) is 5.02 Å². The lowest BCUT2D eigenvalue weighted by atomic mass is 10.1. The van der Waals surface area contributed by atoms with Crippen molar-refractivity contribution < 1.29 is 9.72 Å². The van der Waals surface area contributed by atoms with Gasteiger partial charge in [0.25, 0.3) is 5.69 Å². The fraction of sp³-hybridized carbons (Fsp3) is 0.125. The van der Waals surface area contributed by atoms with Crippen LogP contribution < -0.4 is 0 Å². The van der Waals surface area contributed by atoms with E-state index in [0.717, 1.165) is 6.07 Å². The van der Waals surface area contributed by atoms with Crippen molar-refractivity contribution in [3.05, 3.63) is 37.9 Å². The van der Waals surface area contributed by atoms with Gasteiger partial charge in [-0.2, -0.15) is 0 Å². The molecule has 0 atom stereocenters. The van der Waals surface area contributed by atoms with Crippen LogP contribution in [-0.4, -0.2) is 16.0 Å². The fourth-order valence-electron chi connectivity index (χ4n) is 0.962. The maximum Gasteiger partial charge on any atom is 0.289 e. The SMILES string of the molecule is O=C(CBr)c1cc(Cl)c([N+](=O)[O-])cc1Cl. The number of benzene rings is 1. The summed E-state index contributed by atoms with van der Waals surface area (Å²) in [7, 11) is 0. The monoisotopic (exact) mass is 311 g/mol. The normalized spacial score (nSPS) is 10.1. The van der Waals surface area contributed by atoms with Crippen molar-refractivity contribution in [2.75, 3.05) is 5.33 Å². The van der Waals surface area contributed by atoms with Gasteiger partial charge in [-0.15, -0.1) is 0 Å². The van der Waals surface area contributed by atoms with Crippen molar-refractivity contribution in [2.24, 2.45) is 0 Å². The minimum atomic E-state index is -0.656. The lowest BCUT2D eigenvalue weighted by molar-refractivity contribution is -0.384. The largest absolute Gasteiger partial charge is 0.293 e. The molecular formula is C8H4BrCl2NO3. The molecule has 0 aliphatic carbocycles. The highest BCUT2D eigenvalue weighted by atomic mass is 79.9. The van der Waals surface area contributed by atoms with Gasteiger partial charge in [-0.05, 0) is 6.07 Å². The first-order chi connectivity index (χ1) is 6.97. The lowest BCUT2D eigenvalue weighted by Crippen LogP contribution is -2.02. The van der Waals surface area contributed by atoms with Crippen LogP contribution in [0, 0.1) is 10.1 Å². The summed E-state index contributed by atoms with van der Waals surface area (Å²) in [6.45, 7) is 0. The van der Waals surface area contributed by atoms with Gasteiger partial charge in [-0.25, -0.2) is 0 Å². The third kappa shape index (κ3) is 2.68. The summed E-state index contributed by atoms with van der Waals surface area (Å²) in [5.41, 5.74) is -0.142. The lowest BCUT2D eigenvalue weighted by Gasteiger charge is -2.02. The topological polar surface area (TPSA) is 60.2 Å². The van der Waals surface area contributed by atoms with Crippen molar-refractivity contribution in [1.29, 1.82) is 0 Å². The van der Waals surface area contributed by atoms with Crippen LogP contribution in [0.25, 0.3) is 0 Å². The minimum Gasteiger partial charge on any atom is -0.293 e. The van der Waals surface area contributed by atoms with E-state index in [2.05, 4.69) is 15.9 Å². The number of halogens is 3. The zero-order valence-corrected chi connectivity index (χ0v) is 10.3. The van der Waals surface area contributed by atoms with Crippen LogP contribution in [0.3, 0.4) is 0 Å². The zero-order chi connectivity index (χ0) is 11.6. The van der Waals surface area contributed by atoms with Gasteiger partial charge in [-0.3, -0.25) is 14.9 Å². The molecule has 15 heavy (non-hydrogen) atoms. The molecule has 1 aromatic carbocycles. The standard InChI is InChI=1S/C8H4BrCl2NO3/c9-3-8(13)4-1-6(11)7(12(14)15)2-5(4)10/h1-2H,3H2. The quantitative estimate of drug-likeness (QED) is 0.371. The summed E-state index contributed by atoms with van der Waals surface area (Å²) in [4.78, 5) is 21.1. The third-order valence-electron chi connectivity index (χ3n) is 1.65. The van der Waals surface area contributed by atoms with Crippen molar-refractivity contribution in [3.63, 3.8) is 0 Å². The number of ketones is 1. The van der Waals surface area contributed by atoms with E-state index < -0.39 is 4.92 Å². The number of Topliss-reactive ketones (excluding diaryl/α,β-unsaturated/α-hetero) is 1. The van der Waals surface area contributed by atoms with E-state index in [4.69, 9.17) is 23.2 Å². The number of carbonyl (C=O) groups is 1. The summed E-state index contributed by atoms with van der Waals surface area (Å²) in [6.07, 6.45) is 0. The van der Waals surface area contributed by atoms with Crippen LogP contribution in [0.4, 0.5) is 5.69 Å². The molecule has 0 aliphatic rings. The Morgan fingerprint density at radius 2 is 2.00 bits per heavy atom. The first-order valence-corrected chi connectivity index (χ1v) is 5.57. The molecule has 0 saturated heterocycles. The van der Waals surface area contributed by atoms with Gasteiger partial charge < -0.3 is 0 Å². The van der Waals surface area contributed by atoms with E-state index in [-0.39, 0.29) is 32.4 Å². The van der Waals surface area contributed by atoms with Gasteiger partial charge in [0.2, 0.25) is 0 Å². The molecule has 0 radical (unpaired) electrons. The molecule has 0 saturated carbocycles. The van der Waals surface area contributed by atoms with Crippen LogP contribution in [0.2, 0.25) is 10.0 Å². The number of nitro groups is 1. The smallest absolute Gasteiger partial charge is 0.289 e. The van der Waals surface area contributed by atoms with E-state index in [1.165, 1.54) is 6.07 Å². The maximum absolute atomic E-state index is 11.3. The molecular weight excluding hydrogens is 309 g/mol. The number of rotatable bonds is 3. The Morgan fingerprint density at radius 3 is 2.47 bits per heavy atom. The highest BCUT2D eigenvalue weighted by Gasteiger charge is 2.18. The van der Waals surface area contributed by atoms with Crippen molar-refractivity contribution in [1.82, 2.24) is 0 Å². The van der Waals surface area contributed by atoms with Gasteiger partial charge in [0.15, 0.2) is 5.78 Å². The van der Waals surface area contributed by atoms with Crippen LogP contribution in [0.15, 0.2) is 12.1 Å². The molecule has 7 heteroatoms. The highest BCUT2D eigenvalue weighted by Crippen LogP contribution is 2.31. The number of hydrogen-bond donors (Lipinski definition) is 0. The molecule has 0 aliphatic heterocycles. The fourth-order valence-corrected chi connectivity index (χ4v) is 1.76. The molecule has 4 nitrogen and oxygen atoms in total. The first-order valence-electron chi connectivity index (χ1n) is 3.70. The second-order valence-corrected chi connectivity index (χ2v) is 3.97. The average Bonchev–Trinajstić information content (AvgIpc) is 2.19. The molecule has 0 aromatic heterocycles. The number of nitro benzene ring substituents is 1. The second kappa shape index (κ2) is 4.92. The summed E-state index contributed by atoms with van der Waals surface area (Å²) < 4.78 is 0. The molecule has 1 rings (SSSR count). The van der Waals surface area contributed by atoms with Gasteiger partial charge in [0.05, 0.1) is 15.3 Å². The molecule has 0 N–H and O–H groups in total. The van der Waals surface area contributed by atoms with Crippen molar-refractivity contribution in [2.45, 2.75) is 0 Å². The van der Waals surface area contributed by atoms with Crippen LogP contribution in [0.5, 0.6) is 0 Å². The molecule has 0 fully saturated rings.